The molecule has 0 aliphatic rings. The number of hydrogen-bond acceptors (Lipinski definition) is 3. The molecule has 0 aliphatic carbocycles. The second kappa shape index (κ2) is 6.28. The van der Waals surface area contributed by atoms with Crippen molar-refractivity contribution >= 4 is 34.2 Å². The Bertz CT molecular complexity index is 612. The Morgan fingerprint density at radius 1 is 1.35 bits per heavy atom. The van der Waals surface area contributed by atoms with E-state index in [-0.39, 0.29) is 22.3 Å². The Labute approximate surface area is 125 Å². The largest absolute Gasteiger partial charge is 0.389 e. The van der Waals surface area contributed by atoms with Crippen molar-refractivity contribution in [1.29, 1.82) is 0 Å². The zero-order valence-electron chi connectivity index (χ0n) is 10.8. The lowest BCUT2D eigenvalue weighted by molar-refractivity contribution is 0.508. The Morgan fingerprint density at radius 2 is 2.10 bits per heavy atom. The van der Waals surface area contributed by atoms with Crippen LogP contribution in [0, 0.1) is 11.6 Å². The highest BCUT2D eigenvalue weighted by Crippen LogP contribution is 2.29. The number of thiocarbonyl (C=S) groups is 1. The number of benzene rings is 1. The van der Waals surface area contributed by atoms with Crippen molar-refractivity contribution in [3.8, 4) is 0 Å². The molecule has 1 unspecified atom stereocenters. The van der Waals surface area contributed by atoms with Crippen LogP contribution in [0.25, 0.3) is 0 Å². The normalized spacial score (nSPS) is 12.2. The molecule has 0 spiro atoms. The third-order valence-corrected chi connectivity index (χ3v) is 4.18. The van der Waals surface area contributed by atoms with E-state index in [1.807, 2.05) is 24.4 Å². The fourth-order valence-corrected chi connectivity index (χ4v) is 2.92. The molecule has 2 nitrogen and oxygen atoms in total. The first kappa shape index (κ1) is 14.9. The number of nitrogens with two attached hydrogens (primary N) is 1. The standard InChI is InChI=1S/C14H14F2N2S2/c1-2-9(11-4-3-7-20-11)18-10-6-5-8(14(17)19)12(15)13(10)16/h3-7,9,18H,2H2,1H3,(H2,17,19). The summed E-state index contributed by atoms with van der Waals surface area (Å²) in [6.07, 6.45) is 0.763. The van der Waals surface area contributed by atoms with E-state index < -0.39 is 11.6 Å². The van der Waals surface area contributed by atoms with E-state index in [9.17, 15) is 8.78 Å². The lowest BCUT2D eigenvalue weighted by Gasteiger charge is -2.18. The molecule has 0 aliphatic heterocycles. The monoisotopic (exact) mass is 312 g/mol. The van der Waals surface area contributed by atoms with Gasteiger partial charge in [0.1, 0.15) is 4.99 Å². The molecule has 0 saturated carbocycles. The molecule has 0 fully saturated rings. The Hall–Kier alpha value is -1.53. The predicted octanol–water partition coefficient (Wildman–Crippen LogP) is 4.22. The number of thiophene rings is 1. The summed E-state index contributed by atoms with van der Waals surface area (Å²) in [5.74, 6) is -1.96. The Kier molecular flexibility index (Phi) is 4.67. The predicted molar refractivity (Wildman–Crippen MR) is 83.2 cm³/mol. The molecular formula is C14H14F2N2S2. The lowest BCUT2D eigenvalue weighted by Crippen LogP contribution is -2.15. The number of anilines is 1. The number of halogens is 2. The summed E-state index contributed by atoms with van der Waals surface area (Å²) < 4.78 is 27.8. The van der Waals surface area contributed by atoms with Gasteiger partial charge in [-0.1, -0.05) is 25.2 Å². The van der Waals surface area contributed by atoms with Gasteiger partial charge >= 0.3 is 0 Å². The van der Waals surface area contributed by atoms with Crippen molar-refractivity contribution in [3.63, 3.8) is 0 Å². The molecule has 6 heteroatoms. The van der Waals surface area contributed by atoms with E-state index >= 15 is 0 Å². The molecule has 2 aromatic rings. The molecule has 0 amide bonds. The van der Waals surface area contributed by atoms with E-state index in [1.54, 1.807) is 11.3 Å². The van der Waals surface area contributed by atoms with E-state index in [2.05, 4.69) is 17.5 Å². The summed E-state index contributed by atoms with van der Waals surface area (Å²) in [5, 5.41) is 4.97. The fraction of sp³-hybridized carbons (Fsp3) is 0.214. The van der Waals surface area contributed by atoms with Gasteiger partial charge in [0.25, 0.3) is 0 Å². The molecule has 0 bridgehead atoms. The molecule has 1 aromatic heterocycles. The highest BCUT2D eigenvalue weighted by Gasteiger charge is 2.18. The highest BCUT2D eigenvalue weighted by molar-refractivity contribution is 7.80. The van der Waals surface area contributed by atoms with Gasteiger partial charge in [0, 0.05) is 10.4 Å². The molecule has 1 atom stereocenters. The van der Waals surface area contributed by atoms with Crippen LogP contribution in [0.2, 0.25) is 0 Å². The summed E-state index contributed by atoms with van der Waals surface area (Å²) in [7, 11) is 0. The third kappa shape index (κ3) is 2.96. The average Bonchev–Trinajstić information content (AvgIpc) is 2.94. The van der Waals surface area contributed by atoms with E-state index in [1.165, 1.54) is 12.1 Å². The molecular weight excluding hydrogens is 298 g/mol. The van der Waals surface area contributed by atoms with Crippen LogP contribution in [0.3, 0.4) is 0 Å². The van der Waals surface area contributed by atoms with Gasteiger partial charge in [0.15, 0.2) is 11.6 Å². The summed E-state index contributed by atoms with van der Waals surface area (Å²) in [4.78, 5) is 0.920. The van der Waals surface area contributed by atoms with Gasteiger partial charge in [-0.15, -0.1) is 11.3 Å². The Morgan fingerprint density at radius 3 is 2.65 bits per heavy atom. The topological polar surface area (TPSA) is 38.0 Å². The number of hydrogen-bond donors (Lipinski definition) is 2. The van der Waals surface area contributed by atoms with Gasteiger partial charge < -0.3 is 11.1 Å². The quantitative estimate of drug-likeness (QED) is 0.812. The Balaban J connectivity index is 2.30. The van der Waals surface area contributed by atoms with E-state index in [0.717, 1.165) is 11.3 Å². The van der Waals surface area contributed by atoms with Crippen LogP contribution in [-0.4, -0.2) is 4.99 Å². The summed E-state index contributed by atoms with van der Waals surface area (Å²) in [5.41, 5.74) is 5.38. The molecule has 20 heavy (non-hydrogen) atoms. The van der Waals surface area contributed by atoms with Crippen LogP contribution in [0.4, 0.5) is 14.5 Å². The first-order valence-corrected chi connectivity index (χ1v) is 7.41. The number of rotatable bonds is 5. The van der Waals surface area contributed by atoms with Crippen molar-refractivity contribution in [1.82, 2.24) is 0 Å². The van der Waals surface area contributed by atoms with E-state index in [0.29, 0.717) is 0 Å². The van der Waals surface area contributed by atoms with Crippen molar-refractivity contribution in [2.24, 2.45) is 5.73 Å². The highest BCUT2D eigenvalue weighted by atomic mass is 32.1. The maximum atomic E-state index is 14.0. The zero-order chi connectivity index (χ0) is 14.7. The van der Waals surface area contributed by atoms with Gasteiger partial charge in [0.05, 0.1) is 11.7 Å². The minimum absolute atomic E-state index is 0.0559. The maximum Gasteiger partial charge on any atom is 0.182 e. The van der Waals surface area contributed by atoms with Gasteiger partial charge in [-0.25, -0.2) is 8.78 Å². The second-order valence-corrected chi connectivity index (χ2v) is 5.69. The average molecular weight is 312 g/mol. The molecule has 2 rings (SSSR count). The van der Waals surface area contributed by atoms with Gasteiger partial charge in [-0.3, -0.25) is 0 Å². The van der Waals surface area contributed by atoms with Crippen molar-refractivity contribution in [2.75, 3.05) is 5.32 Å². The van der Waals surface area contributed by atoms with Crippen LogP contribution in [0.1, 0.15) is 29.8 Å². The van der Waals surface area contributed by atoms with Crippen molar-refractivity contribution < 1.29 is 8.78 Å². The third-order valence-electron chi connectivity index (χ3n) is 2.97. The van der Waals surface area contributed by atoms with Crippen LogP contribution in [0.15, 0.2) is 29.6 Å². The summed E-state index contributed by atoms with van der Waals surface area (Å²) in [6, 6.07) is 6.69. The molecule has 1 heterocycles. The van der Waals surface area contributed by atoms with Crippen molar-refractivity contribution in [2.45, 2.75) is 19.4 Å². The SMILES string of the molecule is CCC(Nc1ccc(C(N)=S)c(F)c1F)c1cccs1. The summed E-state index contributed by atoms with van der Waals surface area (Å²) >= 11 is 6.25. The molecule has 0 saturated heterocycles. The fourth-order valence-electron chi connectivity index (χ4n) is 1.90. The van der Waals surface area contributed by atoms with Crippen LogP contribution in [-0.2, 0) is 0 Å². The lowest BCUT2D eigenvalue weighted by atomic mass is 10.1. The second-order valence-electron chi connectivity index (χ2n) is 4.27. The van der Waals surface area contributed by atoms with Crippen LogP contribution >= 0.6 is 23.6 Å². The molecule has 106 valence electrons. The first-order chi connectivity index (χ1) is 9.54. The minimum atomic E-state index is -1.01. The molecule has 3 N–H and O–H groups in total. The first-order valence-electron chi connectivity index (χ1n) is 6.12. The molecule has 0 radical (unpaired) electrons. The van der Waals surface area contributed by atoms with Gasteiger partial charge in [-0.05, 0) is 30.0 Å². The van der Waals surface area contributed by atoms with Gasteiger partial charge in [0.2, 0.25) is 0 Å². The van der Waals surface area contributed by atoms with Crippen molar-refractivity contribution in [3.05, 3.63) is 51.7 Å². The summed E-state index contributed by atoms with van der Waals surface area (Å²) in [6.45, 7) is 1.98. The van der Waals surface area contributed by atoms with Crippen LogP contribution in [0.5, 0.6) is 0 Å². The van der Waals surface area contributed by atoms with Gasteiger partial charge in [-0.2, -0.15) is 0 Å². The van der Waals surface area contributed by atoms with E-state index in [4.69, 9.17) is 5.73 Å². The van der Waals surface area contributed by atoms with Crippen LogP contribution < -0.4 is 11.1 Å². The zero-order valence-corrected chi connectivity index (χ0v) is 12.5. The minimum Gasteiger partial charge on any atom is -0.389 e. The number of nitrogens with one attached hydrogen (secondary N) is 1. The molecule has 1 aromatic carbocycles. The maximum absolute atomic E-state index is 14.0. The smallest absolute Gasteiger partial charge is 0.182 e.